The number of nitrogens with one attached hydrogen (secondary N) is 1. The number of methoxy groups -OCH3 is 2. The Balaban J connectivity index is 1.69. The monoisotopic (exact) mass is 771 g/mol. The lowest BCUT2D eigenvalue weighted by atomic mass is 9.80. The van der Waals surface area contributed by atoms with E-state index in [2.05, 4.69) is 48.7 Å². The number of rotatable bonds is 17. The van der Waals surface area contributed by atoms with Crippen LogP contribution in [0.1, 0.15) is 75.9 Å². The van der Waals surface area contributed by atoms with Crippen LogP contribution < -0.4 is 20.5 Å². The summed E-state index contributed by atoms with van der Waals surface area (Å²) in [5.41, 5.74) is 1.05. The zero-order valence-electron chi connectivity index (χ0n) is 32.6. The molecule has 0 saturated carbocycles. The minimum Gasteiger partial charge on any atom is -0.497 e. The first-order valence-electron chi connectivity index (χ1n) is 18.2. The van der Waals surface area contributed by atoms with Crippen molar-refractivity contribution in [2.75, 3.05) is 26.1 Å². The molecule has 1 unspecified atom stereocenters. The molecule has 1 saturated heterocycles. The highest BCUT2D eigenvalue weighted by Gasteiger charge is 2.48. The van der Waals surface area contributed by atoms with Gasteiger partial charge in [0.15, 0.2) is 6.29 Å². The van der Waals surface area contributed by atoms with Crippen LogP contribution >= 0.6 is 8.53 Å². The van der Waals surface area contributed by atoms with E-state index in [1.54, 1.807) is 27.3 Å². The number of nitriles is 1. The quantitative estimate of drug-likeness (QED) is 0.0649. The summed E-state index contributed by atoms with van der Waals surface area (Å²) in [7, 11) is 1.48. The maximum absolute atomic E-state index is 13.6. The van der Waals surface area contributed by atoms with Gasteiger partial charge in [-0.3, -0.25) is 9.36 Å². The maximum atomic E-state index is 13.6. The minimum atomic E-state index is -1.75. The third-order valence-electron chi connectivity index (χ3n) is 9.12. The van der Waals surface area contributed by atoms with Crippen LogP contribution in [0.2, 0.25) is 0 Å². The molecule has 1 aliphatic rings. The van der Waals surface area contributed by atoms with Crippen molar-refractivity contribution in [3.05, 3.63) is 118 Å². The molecule has 0 radical (unpaired) electrons. The Morgan fingerprint density at radius 3 is 2.05 bits per heavy atom. The molecule has 0 spiro atoms. The van der Waals surface area contributed by atoms with Gasteiger partial charge in [0.05, 0.1) is 33.3 Å². The van der Waals surface area contributed by atoms with Gasteiger partial charge in [0.25, 0.3) is 8.53 Å². The van der Waals surface area contributed by atoms with E-state index in [1.807, 2.05) is 78.9 Å². The number of carbonyl (C=O) groups excluding carboxylic acids is 1. The Bertz CT molecular complexity index is 1910. The fraction of sp³-hybridized carbons (Fsp3) is 0.415. The van der Waals surface area contributed by atoms with E-state index in [0.29, 0.717) is 17.1 Å². The van der Waals surface area contributed by atoms with Crippen LogP contribution in [0.5, 0.6) is 11.5 Å². The molecule has 2 heterocycles. The molecule has 5 rings (SSSR count). The molecule has 55 heavy (non-hydrogen) atoms. The highest BCUT2D eigenvalue weighted by atomic mass is 31.2. The topological polar surface area (TPSA) is 146 Å². The van der Waals surface area contributed by atoms with E-state index in [4.69, 9.17) is 28.0 Å². The average Bonchev–Trinajstić information content (AvgIpc) is 3.56. The van der Waals surface area contributed by atoms with Crippen LogP contribution in [0.25, 0.3) is 0 Å². The molecular formula is C41H50N5O8P. The molecule has 13 nitrogen and oxygen atoms in total. The van der Waals surface area contributed by atoms with Gasteiger partial charge < -0.3 is 33.3 Å². The van der Waals surface area contributed by atoms with Crippen molar-refractivity contribution in [3.8, 4) is 17.6 Å². The number of hydrogen-bond acceptors (Lipinski definition) is 11. The number of anilines is 1. The molecule has 1 fully saturated rings. The van der Waals surface area contributed by atoms with Gasteiger partial charge in [-0.2, -0.15) is 10.2 Å². The third kappa shape index (κ3) is 9.59. The molecule has 1 N–H and O–H groups in total. The van der Waals surface area contributed by atoms with Crippen LogP contribution in [0.4, 0.5) is 5.82 Å². The van der Waals surface area contributed by atoms with E-state index in [1.165, 1.54) is 11.5 Å². The second-order valence-electron chi connectivity index (χ2n) is 13.7. The summed E-state index contributed by atoms with van der Waals surface area (Å²) in [4.78, 5) is 29.6. The number of nitrogens with zero attached hydrogens (tertiary/aromatic N) is 4. The summed E-state index contributed by atoms with van der Waals surface area (Å²) in [5.74, 6) is 1.18. The van der Waals surface area contributed by atoms with E-state index in [-0.39, 0.29) is 43.3 Å². The lowest BCUT2D eigenvalue weighted by molar-refractivity contribution is -0.214. The number of carbonyl (C=O) groups is 1. The Kier molecular flexibility index (Phi) is 14.2. The molecule has 4 atom stereocenters. The second-order valence-corrected chi connectivity index (χ2v) is 15.1. The van der Waals surface area contributed by atoms with Crippen molar-refractivity contribution in [1.29, 1.82) is 5.26 Å². The van der Waals surface area contributed by atoms with Crippen molar-refractivity contribution >= 4 is 20.3 Å². The predicted molar refractivity (Wildman–Crippen MR) is 210 cm³/mol. The molecule has 1 amide bonds. The Hall–Kier alpha value is -4.67. The summed E-state index contributed by atoms with van der Waals surface area (Å²) in [5, 5.41) is 12.0. The smallest absolute Gasteiger partial charge is 0.351 e. The van der Waals surface area contributed by atoms with Crippen LogP contribution in [0.3, 0.4) is 0 Å². The molecule has 0 aliphatic carbocycles. The standard InChI is InChI=1S/C41H50N5O8P/c1-27(2)46(28(3)4)55(51-24-12-23-42)54-36-25-37(45-26-29(5)38(43-30(6)47)44-40(45)48)52-39(36)53-41(31-13-10-9-11-14-31,32-15-19-34(49-7)20-16-32)33-17-21-35(50-8)22-18-33/h9-11,13-22,26-28,36-37,39H,12,24-25H2,1-8H3,(H,43,44,47,48)/t36-,37+,39+,55?/m0/s1. The van der Waals surface area contributed by atoms with Crippen LogP contribution in [0, 0.1) is 18.3 Å². The van der Waals surface area contributed by atoms with Crippen LogP contribution in [0.15, 0.2) is 89.9 Å². The first kappa shape index (κ1) is 41.5. The first-order valence-corrected chi connectivity index (χ1v) is 19.3. The van der Waals surface area contributed by atoms with Gasteiger partial charge in [-0.1, -0.05) is 54.6 Å². The summed E-state index contributed by atoms with van der Waals surface area (Å²) < 4.78 is 42.1. The summed E-state index contributed by atoms with van der Waals surface area (Å²) in [6, 6.07) is 27.4. The number of hydrogen-bond donors (Lipinski definition) is 1. The van der Waals surface area contributed by atoms with Crippen molar-refractivity contribution < 1.29 is 32.8 Å². The van der Waals surface area contributed by atoms with Gasteiger partial charge in [0, 0.05) is 37.2 Å². The second kappa shape index (κ2) is 18.8. The molecule has 292 valence electrons. The average molecular weight is 772 g/mol. The summed E-state index contributed by atoms with van der Waals surface area (Å²) >= 11 is 0. The van der Waals surface area contributed by atoms with Crippen LogP contribution in [-0.4, -0.2) is 65.4 Å². The lowest BCUT2D eigenvalue weighted by Gasteiger charge is -2.40. The summed E-state index contributed by atoms with van der Waals surface area (Å²) in [6.45, 7) is 11.5. The van der Waals surface area contributed by atoms with Gasteiger partial charge in [0.1, 0.15) is 35.2 Å². The van der Waals surface area contributed by atoms with E-state index < -0.39 is 38.4 Å². The Labute approximate surface area is 324 Å². The maximum Gasteiger partial charge on any atom is 0.351 e. The van der Waals surface area contributed by atoms with Gasteiger partial charge in [-0.25, -0.2) is 9.46 Å². The molecule has 0 bridgehead atoms. The van der Waals surface area contributed by atoms with Crippen molar-refractivity contribution in [2.24, 2.45) is 0 Å². The number of ether oxygens (including phenoxy) is 4. The van der Waals surface area contributed by atoms with E-state index in [9.17, 15) is 14.9 Å². The predicted octanol–water partition coefficient (Wildman–Crippen LogP) is 7.44. The first-order chi connectivity index (χ1) is 26.4. The molecule has 4 aromatic rings. The van der Waals surface area contributed by atoms with Crippen molar-refractivity contribution in [1.82, 2.24) is 14.2 Å². The zero-order valence-corrected chi connectivity index (χ0v) is 33.5. The van der Waals surface area contributed by atoms with Gasteiger partial charge in [-0.15, -0.1) is 0 Å². The number of benzene rings is 3. The normalized spacial score (nSPS) is 17.7. The van der Waals surface area contributed by atoms with Crippen molar-refractivity contribution in [2.45, 2.75) is 90.7 Å². The molecule has 1 aliphatic heterocycles. The van der Waals surface area contributed by atoms with Crippen molar-refractivity contribution in [3.63, 3.8) is 0 Å². The number of amides is 1. The van der Waals surface area contributed by atoms with E-state index >= 15 is 0 Å². The fourth-order valence-electron chi connectivity index (χ4n) is 6.66. The molecule has 14 heteroatoms. The largest absolute Gasteiger partial charge is 0.497 e. The van der Waals surface area contributed by atoms with Gasteiger partial charge in [-0.05, 0) is 75.6 Å². The Morgan fingerprint density at radius 1 is 0.982 bits per heavy atom. The zero-order chi connectivity index (χ0) is 39.7. The summed E-state index contributed by atoms with van der Waals surface area (Å²) in [6.07, 6.45) is -0.748. The van der Waals surface area contributed by atoms with Gasteiger partial charge in [0.2, 0.25) is 5.91 Å². The minimum absolute atomic E-state index is 0.0310. The molecule has 1 aromatic heterocycles. The number of aromatic nitrogens is 2. The highest BCUT2D eigenvalue weighted by molar-refractivity contribution is 7.44. The lowest BCUT2D eigenvalue weighted by Crippen LogP contribution is -2.42. The third-order valence-corrected chi connectivity index (χ3v) is 11.3. The number of aryl methyl sites for hydroxylation is 1. The molecule has 3 aromatic carbocycles. The SMILES string of the molecule is COc1ccc(C(O[C@H]2O[C@@H](n3cc(C)c(NC(C)=O)nc3=O)C[C@@H]2OP(OCCC#N)N(C(C)C)C(C)C)(c2ccccc2)c2ccc(OC)cc2)cc1. The van der Waals surface area contributed by atoms with Crippen LogP contribution in [-0.2, 0) is 28.9 Å². The van der Waals surface area contributed by atoms with Gasteiger partial charge >= 0.3 is 5.69 Å². The van der Waals surface area contributed by atoms with E-state index in [0.717, 1.165) is 16.7 Å². The highest BCUT2D eigenvalue weighted by Crippen LogP contribution is 2.52. The Morgan fingerprint density at radius 2 is 1.55 bits per heavy atom. The fourth-order valence-corrected chi connectivity index (χ4v) is 8.38. The molecular weight excluding hydrogens is 721 g/mol.